The first-order valence-electron chi connectivity index (χ1n) is 7.92. The summed E-state index contributed by atoms with van der Waals surface area (Å²) in [6, 6.07) is 1.29. The van der Waals surface area contributed by atoms with Gasteiger partial charge in [0.1, 0.15) is 5.82 Å². The summed E-state index contributed by atoms with van der Waals surface area (Å²) in [5, 5.41) is 4.72. The number of rotatable bonds is 3. The molecule has 1 aromatic rings. The highest BCUT2D eigenvalue weighted by Crippen LogP contribution is 2.22. The first kappa shape index (κ1) is 13.1. The fourth-order valence-electron chi connectivity index (χ4n) is 3.55. The molecule has 2 aliphatic rings. The lowest BCUT2D eigenvalue weighted by Crippen LogP contribution is -2.45. The first-order chi connectivity index (χ1) is 9.24. The largest absolute Gasteiger partial charge is 0.298 e. The van der Waals surface area contributed by atoms with Gasteiger partial charge >= 0.3 is 0 Å². The van der Waals surface area contributed by atoms with E-state index in [1.807, 2.05) is 0 Å². The molecule has 3 rings (SSSR count). The van der Waals surface area contributed by atoms with Crippen LogP contribution in [0.15, 0.2) is 0 Å². The molecule has 0 amide bonds. The fraction of sp³-hybridized carbons (Fsp3) is 0.867. The molecule has 19 heavy (non-hydrogen) atoms. The van der Waals surface area contributed by atoms with Gasteiger partial charge in [0.25, 0.3) is 0 Å². The molecule has 0 radical (unpaired) electrons. The number of fused-ring (bicyclic) bond motifs is 1. The zero-order valence-electron chi connectivity index (χ0n) is 12.3. The van der Waals surface area contributed by atoms with Gasteiger partial charge in [-0.15, -0.1) is 0 Å². The summed E-state index contributed by atoms with van der Waals surface area (Å²) < 4.78 is 2.14. The van der Waals surface area contributed by atoms with Gasteiger partial charge in [-0.05, 0) is 46.1 Å². The molecule has 3 heterocycles. The molecule has 0 saturated carbocycles. The summed E-state index contributed by atoms with van der Waals surface area (Å²) in [4.78, 5) is 7.41. The monoisotopic (exact) mass is 262 g/mol. The van der Waals surface area contributed by atoms with E-state index in [9.17, 15) is 0 Å². The minimum absolute atomic E-state index is 0.641. The minimum Gasteiger partial charge on any atom is -0.298 e. The topological polar surface area (TPSA) is 34.0 Å². The van der Waals surface area contributed by atoms with Crippen molar-refractivity contribution in [3.63, 3.8) is 0 Å². The normalized spacial score (nSPS) is 24.7. The second kappa shape index (κ2) is 5.61. The first-order valence-corrected chi connectivity index (χ1v) is 7.92. The standard InChI is InChI=1S/C15H26N4/c1-12(2)18-9-5-3-7-13(18)11-14-16-15-8-4-6-10-19(15)17-14/h12-13H,3-11H2,1-2H3. The van der Waals surface area contributed by atoms with Crippen LogP contribution >= 0.6 is 0 Å². The highest BCUT2D eigenvalue weighted by molar-refractivity contribution is 4.99. The molecule has 0 N–H and O–H groups in total. The van der Waals surface area contributed by atoms with Crippen LogP contribution in [-0.4, -0.2) is 38.3 Å². The van der Waals surface area contributed by atoms with Crippen LogP contribution < -0.4 is 0 Å². The van der Waals surface area contributed by atoms with Crippen molar-refractivity contribution >= 4 is 0 Å². The maximum absolute atomic E-state index is 4.76. The number of nitrogens with zero attached hydrogens (tertiary/aromatic N) is 4. The lowest BCUT2D eigenvalue weighted by Gasteiger charge is -2.38. The third kappa shape index (κ3) is 2.83. The predicted molar refractivity (Wildman–Crippen MR) is 76.1 cm³/mol. The highest BCUT2D eigenvalue weighted by Gasteiger charge is 2.26. The quantitative estimate of drug-likeness (QED) is 0.839. The average molecular weight is 262 g/mol. The van der Waals surface area contributed by atoms with E-state index in [2.05, 4.69) is 23.4 Å². The van der Waals surface area contributed by atoms with E-state index in [-0.39, 0.29) is 0 Å². The van der Waals surface area contributed by atoms with Crippen molar-refractivity contribution in [2.24, 2.45) is 0 Å². The number of hydrogen-bond acceptors (Lipinski definition) is 3. The van der Waals surface area contributed by atoms with Crippen LogP contribution in [0.1, 0.15) is 57.6 Å². The van der Waals surface area contributed by atoms with E-state index in [0.29, 0.717) is 12.1 Å². The second-order valence-electron chi connectivity index (χ2n) is 6.31. The summed E-state index contributed by atoms with van der Waals surface area (Å²) in [5.74, 6) is 2.29. The SMILES string of the molecule is CC(C)N1CCCCC1Cc1nc2n(n1)CCCC2. The molecule has 2 aliphatic heterocycles. The second-order valence-corrected chi connectivity index (χ2v) is 6.31. The van der Waals surface area contributed by atoms with Gasteiger partial charge in [0.05, 0.1) is 0 Å². The van der Waals surface area contributed by atoms with E-state index >= 15 is 0 Å². The van der Waals surface area contributed by atoms with Gasteiger partial charge in [0, 0.05) is 31.5 Å². The maximum atomic E-state index is 4.76. The van der Waals surface area contributed by atoms with E-state index in [1.165, 1.54) is 44.5 Å². The molecule has 1 fully saturated rings. The molecule has 4 nitrogen and oxygen atoms in total. The van der Waals surface area contributed by atoms with Gasteiger partial charge in [0.2, 0.25) is 0 Å². The van der Waals surface area contributed by atoms with Crippen molar-refractivity contribution in [1.29, 1.82) is 0 Å². The Labute approximate surface area is 116 Å². The van der Waals surface area contributed by atoms with Crippen molar-refractivity contribution < 1.29 is 0 Å². The smallest absolute Gasteiger partial charge is 0.152 e. The zero-order chi connectivity index (χ0) is 13.2. The molecule has 1 atom stereocenters. The Kier molecular flexibility index (Phi) is 3.87. The van der Waals surface area contributed by atoms with E-state index in [4.69, 9.17) is 10.1 Å². The Hall–Kier alpha value is -0.900. The average Bonchev–Trinajstić information content (AvgIpc) is 2.81. The number of aryl methyl sites for hydroxylation is 2. The van der Waals surface area contributed by atoms with Crippen molar-refractivity contribution in [3.05, 3.63) is 11.6 Å². The van der Waals surface area contributed by atoms with Crippen LogP contribution in [0.3, 0.4) is 0 Å². The number of piperidine rings is 1. The van der Waals surface area contributed by atoms with Gasteiger partial charge in [-0.1, -0.05) is 6.42 Å². The van der Waals surface area contributed by atoms with Crippen LogP contribution in [0, 0.1) is 0 Å². The third-order valence-electron chi connectivity index (χ3n) is 4.57. The van der Waals surface area contributed by atoms with Gasteiger partial charge in [-0.2, -0.15) is 5.10 Å². The summed E-state index contributed by atoms with van der Waals surface area (Å²) in [5.41, 5.74) is 0. The van der Waals surface area contributed by atoms with Crippen molar-refractivity contribution in [3.8, 4) is 0 Å². The van der Waals surface area contributed by atoms with Crippen LogP contribution in [0.4, 0.5) is 0 Å². The Balaban J connectivity index is 1.70. The highest BCUT2D eigenvalue weighted by atomic mass is 15.4. The van der Waals surface area contributed by atoms with Gasteiger partial charge in [-0.3, -0.25) is 4.90 Å². The molecule has 4 heteroatoms. The number of likely N-dealkylation sites (tertiary alicyclic amines) is 1. The number of aromatic nitrogens is 3. The Morgan fingerprint density at radius 1 is 1.16 bits per heavy atom. The zero-order valence-corrected chi connectivity index (χ0v) is 12.3. The van der Waals surface area contributed by atoms with Crippen LogP contribution in [0.25, 0.3) is 0 Å². The van der Waals surface area contributed by atoms with E-state index < -0.39 is 0 Å². The van der Waals surface area contributed by atoms with Gasteiger partial charge in [-0.25, -0.2) is 9.67 Å². The number of hydrogen-bond donors (Lipinski definition) is 0. The van der Waals surface area contributed by atoms with Crippen LogP contribution in [0.5, 0.6) is 0 Å². The van der Waals surface area contributed by atoms with Crippen LogP contribution in [0.2, 0.25) is 0 Å². The van der Waals surface area contributed by atoms with Crippen molar-refractivity contribution in [2.75, 3.05) is 6.54 Å². The minimum atomic E-state index is 0.641. The Morgan fingerprint density at radius 3 is 2.79 bits per heavy atom. The van der Waals surface area contributed by atoms with Gasteiger partial charge < -0.3 is 0 Å². The molecular weight excluding hydrogens is 236 g/mol. The molecule has 0 spiro atoms. The van der Waals surface area contributed by atoms with Crippen LogP contribution in [-0.2, 0) is 19.4 Å². The maximum Gasteiger partial charge on any atom is 0.152 e. The summed E-state index contributed by atoms with van der Waals surface area (Å²) in [6.45, 7) is 6.94. The Bertz CT molecular complexity index is 400. The molecular formula is C15H26N4. The molecule has 1 aromatic heterocycles. The molecule has 0 bridgehead atoms. The molecule has 0 aliphatic carbocycles. The van der Waals surface area contributed by atoms with E-state index in [0.717, 1.165) is 25.2 Å². The summed E-state index contributed by atoms with van der Waals surface area (Å²) in [6.07, 6.45) is 8.71. The fourth-order valence-corrected chi connectivity index (χ4v) is 3.55. The Morgan fingerprint density at radius 2 is 2.00 bits per heavy atom. The third-order valence-corrected chi connectivity index (χ3v) is 4.57. The molecule has 0 aromatic carbocycles. The molecule has 106 valence electrons. The lowest BCUT2D eigenvalue weighted by atomic mass is 9.97. The molecule has 1 saturated heterocycles. The predicted octanol–water partition coefficient (Wildman–Crippen LogP) is 2.42. The summed E-state index contributed by atoms with van der Waals surface area (Å²) in [7, 11) is 0. The van der Waals surface area contributed by atoms with Crippen molar-refractivity contribution in [2.45, 2.75) is 77.4 Å². The van der Waals surface area contributed by atoms with Gasteiger partial charge in [0.15, 0.2) is 5.82 Å². The summed E-state index contributed by atoms with van der Waals surface area (Å²) >= 11 is 0. The van der Waals surface area contributed by atoms with Crippen molar-refractivity contribution in [1.82, 2.24) is 19.7 Å². The lowest BCUT2D eigenvalue weighted by molar-refractivity contribution is 0.110. The molecule has 1 unspecified atom stereocenters. The van der Waals surface area contributed by atoms with E-state index in [1.54, 1.807) is 0 Å².